The van der Waals surface area contributed by atoms with Crippen LogP contribution in [0.3, 0.4) is 0 Å². The Hall–Kier alpha value is -1.18. The van der Waals surface area contributed by atoms with E-state index in [1.54, 1.807) is 6.92 Å². The molecule has 1 aromatic rings. The maximum atomic E-state index is 12.9. The number of hydrogen-bond donors (Lipinski definition) is 0. The standard InChI is InChI=1S/C14H19ClN2O4S/c1-2-16(11-6-4-3-5-7-11)22(20,21)14-10-12(17(18)19)8-9-13(14)15/h8-11H,2-7H2,1H3. The van der Waals surface area contributed by atoms with Crippen LogP contribution in [0.15, 0.2) is 23.1 Å². The SMILES string of the molecule is CCN(C1CCCCC1)S(=O)(=O)c1cc([N+](=O)[O-])ccc1Cl. The fourth-order valence-corrected chi connectivity index (χ4v) is 5.11. The van der Waals surface area contributed by atoms with Gasteiger partial charge in [0.15, 0.2) is 0 Å². The van der Waals surface area contributed by atoms with E-state index in [9.17, 15) is 18.5 Å². The highest BCUT2D eigenvalue weighted by Crippen LogP contribution is 2.32. The summed E-state index contributed by atoms with van der Waals surface area (Å²) in [5.41, 5.74) is -0.275. The van der Waals surface area contributed by atoms with Crippen LogP contribution in [0.25, 0.3) is 0 Å². The van der Waals surface area contributed by atoms with Gasteiger partial charge in [0.25, 0.3) is 5.69 Å². The third kappa shape index (κ3) is 3.42. The molecule has 0 saturated heterocycles. The lowest BCUT2D eigenvalue weighted by Gasteiger charge is -2.32. The summed E-state index contributed by atoms with van der Waals surface area (Å²) in [5, 5.41) is 10.9. The Bertz CT molecular complexity index is 657. The third-order valence-corrected chi connectivity index (χ3v) is 6.51. The molecule has 0 aromatic heterocycles. The fraction of sp³-hybridized carbons (Fsp3) is 0.571. The molecular weight excluding hydrogens is 328 g/mol. The minimum Gasteiger partial charge on any atom is -0.258 e. The minimum absolute atomic E-state index is 0.0138. The zero-order valence-electron chi connectivity index (χ0n) is 12.4. The predicted octanol–water partition coefficient (Wildman–Crippen LogP) is 3.59. The molecule has 122 valence electrons. The van der Waals surface area contributed by atoms with Crippen molar-refractivity contribution in [3.05, 3.63) is 33.3 Å². The van der Waals surface area contributed by atoms with Gasteiger partial charge in [-0.2, -0.15) is 4.31 Å². The molecule has 0 unspecified atom stereocenters. The van der Waals surface area contributed by atoms with Crippen LogP contribution in [0.5, 0.6) is 0 Å². The topological polar surface area (TPSA) is 80.5 Å². The molecule has 1 fully saturated rings. The largest absolute Gasteiger partial charge is 0.270 e. The highest BCUT2D eigenvalue weighted by atomic mass is 35.5. The van der Waals surface area contributed by atoms with Gasteiger partial charge in [-0.25, -0.2) is 8.42 Å². The number of non-ortho nitro benzene ring substituents is 1. The van der Waals surface area contributed by atoms with Gasteiger partial charge in [0, 0.05) is 24.7 Å². The van der Waals surface area contributed by atoms with Gasteiger partial charge in [0.2, 0.25) is 10.0 Å². The van der Waals surface area contributed by atoms with Crippen LogP contribution in [0, 0.1) is 10.1 Å². The molecule has 1 aromatic carbocycles. The normalized spacial score (nSPS) is 16.9. The Labute approximate surface area is 135 Å². The number of benzene rings is 1. The first-order valence-electron chi connectivity index (χ1n) is 7.33. The van der Waals surface area contributed by atoms with Crippen molar-refractivity contribution in [2.45, 2.75) is 50.0 Å². The number of rotatable bonds is 5. The summed E-state index contributed by atoms with van der Waals surface area (Å²) in [5.74, 6) is 0. The average molecular weight is 347 g/mol. The Kier molecular flexibility index (Phi) is 5.41. The van der Waals surface area contributed by atoms with E-state index < -0.39 is 14.9 Å². The third-order valence-electron chi connectivity index (χ3n) is 4.01. The Morgan fingerprint density at radius 3 is 2.50 bits per heavy atom. The maximum absolute atomic E-state index is 12.9. The van der Waals surface area contributed by atoms with E-state index in [1.807, 2.05) is 0 Å². The summed E-state index contributed by atoms with van der Waals surface area (Å²) in [7, 11) is -3.84. The van der Waals surface area contributed by atoms with Crippen molar-refractivity contribution in [2.24, 2.45) is 0 Å². The molecule has 2 rings (SSSR count). The van der Waals surface area contributed by atoms with Gasteiger partial charge in [-0.05, 0) is 18.9 Å². The molecule has 0 atom stereocenters. The first kappa shape index (κ1) is 17.2. The molecule has 0 amide bonds. The van der Waals surface area contributed by atoms with E-state index in [0.717, 1.165) is 38.2 Å². The highest BCUT2D eigenvalue weighted by molar-refractivity contribution is 7.89. The second-order valence-electron chi connectivity index (χ2n) is 5.37. The van der Waals surface area contributed by atoms with E-state index in [4.69, 9.17) is 11.6 Å². The van der Waals surface area contributed by atoms with Crippen molar-refractivity contribution >= 4 is 27.3 Å². The molecule has 0 bridgehead atoms. The average Bonchev–Trinajstić information content (AvgIpc) is 2.48. The summed E-state index contributed by atoms with van der Waals surface area (Å²) in [6, 6.07) is 3.46. The van der Waals surface area contributed by atoms with Crippen LogP contribution >= 0.6 is 11.6 Å². The second kappa shape index (κ2) is 6.93. The van der Waals surface area contributed by atoms with E-state index in [-0.39, 0.29) is 21.6 Å². The van der Waals surface area contributed by atoms with Gasteiger partial charge in [-0.15, -0.1) is 0 Å². The summed E-state index contributed by atoms with van der Waals surface area (Å²) in [6.07, 6.45) is 4.75. The van der Waals surface area contributed by atoms with Gasteiger partial charge in [0.05, 0.1) is 9.95 Å². The minimum atomic E-state index is -3.84. The van der Waals surface area contributed by atoms with Crippen LogP contribution in [0.2, 0.25) is 5.02 Å². The summed E-state index contributed by atoms with van der Waals surface area (Å²) < 4.78 is 27.2. The van der Waals surface area contributed by atoms with Crippen LogP contribution in [0.1, 0.15) is 39.0 Å². The molecule has 1 aliphatic carbocycles. The molecule has 0 N–H and O–H groups in total. The van der Waals surface area contributed by atoms with Crippen molar-refractivity contribution in [3.63, 3.8) is 0 Å². The number of sulfonamides is 1. The lowest BCUT2D eigenvalue weighted by molar-refractivity contribution is -0.385. The van der Waals surface area contributed by atoms with E-state index >= 15 is 0 Å². The molecule has 8 heteroatoms. The summed E-state index contributed by atoms with van der Waals surface area (Å²) in [4.78, 5) is 10.1. The first-order chi connectivity index (χ1) is 10.4. The van der Waals surface area contributed by atoms with Crippen molar-refractivity contribution in [3.8, 4) is 0 Å². The molecular formula is C14H19ClN2O4S. The van der Waals surface area contributed by atoms with Gasteiger partial charge in [0.1, 0.15) is 4.90 Å². The van der Waals surface area contributed by atoms with Gasteiger partial charge in [-0.3, -0.25) is 10.1 Å². The zero-order valence-corrected chi connectivity index (χ0v) is 13.9. The highest BCUT2D eigenvalue weighted by Gasteiger charge is 2.33. The quantitative estimate of drug-likeness (QED) is 0.602. The fourth-order valence-electron chi connectivity index (χ4n) is 2.92. The summed E-state index contributed by atoms with van der Waals surface area (Å²) >= 11 is 6.00. The number of nitro groups is 1. The molecule has 0 spiro atoms. The maximum Gasteiger partial charge on any atom is 0.270 e. The van der Waals surface area contributed by atoms with Crippen molar-refractivity contribution in [1.82, 2.24) is 4.31 Å². The predicted molar refractivity (Wildman–Crippen MR) is 84.5 cm³/mol. The van der Waals surface area contributed by atoms with Crippen LogP contribution in [-0.4, -0.2) is 30.2 Å². The van der Waals surface area contributed by atoms with Gasteiger partial charge in [-0.1, -0.05) is 37.8 Å². The molecule has 22 heavy (non-hydrogen) atoms. The molecule has 0 radical (unpaired) electrons. The molecule has 0 heterocycles. The second-order valence-corrected chi connectivity index (χ2v) is 7.64. The lowest BCUT2D eigenvalue weighted by Crippen LogP contribution is -2.41. The Morgan fingerprint density at radius 1 is 1.32 bits per heavy atom. The van der Waals surface area contributed by atoms with Crippen molar-refractivity contribution in [1.29, 1.82) is 0 Å². The number of nitrogens with zero attached hydrogens (tertiary/aromatic N) is 2. The molecule has 1 aliphatic rings. The lowest BCUT2D eigenvalue weighted by atomic mass is 9.95. The van der Waals surface area contributed by atoms with Gasteiger partial charge >= 0.3 is 0 Å². The number of hydrogen-bond acceptors (Lipinski definition) is 4. The van der Waals surface area contributed by atoms with E-state index in [1.165, 1.54) is 16.4 Å². The molecule has 1 saturated carbocycles. The van der Waals surface area contributed by atoms with Crippen molar-refractivity contribution in [2.75, 3.05) is 6.54 Å². The molecule has 0 aliphatic heterocycles. The Balaban J connectivity index is 2.43. The van der Waals surface area contributed by atoms with E-state index in [0.29, 0.717) is 6.54 Å². The monoisotopic (exact) mass is 346 g/mol. The smallest absolute Gasteiger partial charge is 0.258 e. The summed E-state index contributed by atoms with van der Waals surface area (Å²) in [6.45, 7) is 2.10. The number of nitro benzene ring substituents is 1. The van der Waals surface area contributed by atoms with Crippen molar-refractivity contribution < 1.29 is 13.3 Å². The Morgan fingerprint density at radius 2 is 1.95 bits per heavy atom. The van der Waals surface area contributed by atoms with Crippen LogP contribution < -0.4 is 0 Å². The van der Waals surface area contributed by atoms with Crippen LogP contribution in [0.4, 0.5) is 5.69 Å². The van der Waals surface area contributed by atoms with Gasteiger partial charge < -0.3 is 0 Å². The number of halogens is 1. The first-order valence-corrected chi connectivity index (χ1v) is 9.15. The van der Waals surface area contributed by atoms with E-state index in [2.05, 4.69) is 0 Å². The molecule has 6 nitrogen and oxygen atoms in total. The zero-order chi connectivity index (χ0) is 16.3. The van der Waals surface area contributed by atoms with Crippen LogP contribution in [-0.2, 0) is 10.0 Å².